The van der Waals surface area contributed by atoms with Crippen LogP contribution in [0.15, 0.2) is 26.7 Å². The first kappa shape index (κ1) is 13.7. The minimum Gasteiger partial charge on any atom is -0.506 e. The van der Waals surface area contributed by atoms with Crippen LogP contribution in [-0.4, -0.2) is 16.3 Å². The number of benzene rings is 1. The summed E-state index contributed by atoms with van der Waals surface area (Å²) in [5.41, 5.74) is 0.518. The van der Waals surface area contributed by atoms with Crippen LogP contribution in [0.25, 0.3) is 6.08 Å². The zero-order chi connectivity index (χ0) is 13.0. The lowest BCUT2D eigenvalue weighted by Crippen LogP contribution is -2.04. The van der Waals surface area contributed by atoms with Crippen molar-refractivity contribution in [2.45, 2.75) is 6.10 Å². The molecule has 4 nitrogen and oxygen atoms in total. The third kappa shape index (κ3) is 3.31. The normalized spacial score (nSPS) is 12.6. The molecule has 0 aromatic heterocycles. The second-order valence-corrected chi connectivity index (χ2v) is 4.78. The lowest BCUT2D eigenvalue weighted by atomic mass is 10.1. The molecule has 0 saturated heterocycles. The highest BCUT2D eigenvalue weighted by Gasteiger charge is 2.10. The number of phenolic OH excluding ortho intramolecular Hbond substituents is 1. The van der Waals surface area contributed by atoms with Crippen molar-refractivity contribution in [2.24, 2.45) is 0 Å². The van der Waals surface area contributed by atoms with E-state index in [4.69, 9.17) is 10.5 Å². The molecule has 0 heterocycles. The van der Waals surface area contributed by atoms with E-state index in [2.05, 4.69) is 31.9 Å². The number of phenols is 1. The molecule has 86 valence electrons. The molecule has 2 N–H and O–H groups in total. The van der Waals surface area contributed by atoms with Gasteiger partial charge in [0.05, 0.1) is 26.7 Å². The molecule has 0 aliphatic heterocycles. The van der Waals surface area contributed by atoms with Gasteiger partial charge in [0, 0.05) is 0 Å². The summed E-state index contributed by atoms with van der Waals surface area (Å²) in [6, 6.07) is 6.46. The molecule has 1 aromatic rings. The predicted octanol–water partition coefficient (Wildman–Crippen LogP) is 2.71. The average molecular weight is 358 g/mol. The van der Waals surface area contributed by atoms with Gasteiger partial charge in [-0.3, -0.25) is 0 Å². The molecule has 0 fully saturated rings. The van der Waals surface area contributed by atoms with E-state index in [1.54, 1.807) is 24.3 Å². The smallest absolute Gasteiger partial charge is 0.175 e. The van der Waals surface area contributed by atoms with Gasteiger partial charge in [-0.05, 0) is 55.6 Å². The van der Waals surface area contributed by atoms with Gasteiger partial charge < -0.3 is 10.2 Å². The van der Waals surface area contributed by atoms with Crippen LogP contribution in [-0.2, 0) is 0 Å². The van der Waals surface area contributed by atoms with Crippen LogP contribution >= 0.6 is 31.9 Å². The molecule has 17 heavy (non-hydrogen) atoms. The van der Waals surface area contributed by atoms with Crippen LogP contribution in [0.5, 0.6) is 5.75 Å². The Kier molecular flexibility index (Phi) is 4.71. The first-order valence-corrected chi connectivity index (χ1v) is 5.95. The zero-order valence-electron chi connectivity index (χ0n) is 8.35. The van der Waals surface area contributed by atoms with Crippen LogP contribution in [0.2, 0.25) is 0 Å². The Hall–Kier alpha value is -1.34. The standard InChI is InChI=1S/C11H6Br2N2O2/c12-8-2-6(3-9(13)11(8)17)1-7(4-14)10(16)5-15/h1-3,10,16-17H. The van der Waals surface area contributed by atoms with Crippen LogP contribution < -0.4 is 0 Å². The number of hydrogen-bond donors (Lipinski definition) is 2. The third-order valence-electron chi connectivity index (χ3n) is 1.91. The van der Waals surface area contributed by atoms with Gasteiger partial charge >= 0.3 is 0 Å². The molecule has 0 saturated carbocycles. The average Bonchev–Trinajstić information content (AvgIpc) is 2.31. The van der Waals surface area contributed by atoms with Gasteiger partial charge in [0.1, 0.15) is 5.75 Å². The van der Waals surface area contributed by atoms with Gasteiger partial charge in [0.15, 0.2) is 6.10 Å². The summed E-state index contributed by atoms with van der Waals surface area (Å²) >= 11 is 6.29. The molecule has 1 atom stereocenters. The Labute approximate surface area is 115 Å². The monoisotopic (exact) mass is 356 g/mol. The van der Waals surface area contributed by atoms with Gasteiger partial charge in [-0.1, -0.05) is 0 Å². The molecule has 0 amide bonds. The molecular weight excluding hydrogens is 352 g/mol. The fourth-order valence-electron chi connectivity index (χ4n) is 1.09. The van der Waals surface area contributed by atoms with Gasteiger partial charge in [-0.15, -0.1) is 0 Å². The SMILES string of the molecule is N#CC(=Cc1cc(Br)c(O)c(Br)c1)C(O)C#N. The Morgan fingerprint density at radius 1 is 1.29 bits per heavy atom. The molecule has 1 rings (SSSR count). The van der Waals surface area contributed by atoms with E-state index in [1.807, 2.05) is 0 Å². The van der Waals surface area contributed by atoms with Gasteiger partial charge in [0.25, 0.3) is 0 Å². The van der Waals surface area contributed by atoms with Crippen LogP contribution in [0.4, 0.5) is 0 Å². The Morgan fingerprint density at radius 3 is 2.24 bits per heavy atom. The molecule has 0 aliphatic carbocycles. The lowest BCUT2D eigenvalue weighted by molar-refractivity contribution is 0.271. The van der Waals surface area contributed by atoms with Crippen molar-refractivity contribution < 1.29 is 10.2 Å². The highest BCUT2D eigenvalue weighted by molar-refractivity contribution is 9.11. The van der Waals surface area contributed by atoms with E-state index < -0.39 is 6.10 Å². The number of aliphatic hydroxyl groups is 1. The number of aliphatic hydroxyl groups excluding tert-OH is 1. The number of rotatable bonds is 2. The van der Waals surface area contributed by atoms with Gasteiger partial charge in [-0.2, -0.15) is 10.5 Å². The van der Waals surface area contributed by atoms with E-state index >= 15 is 0 Å². The van der Waals surface area contributed by atoms with Crippen molar-refractivity contribution in [2.75, 3.05) is 0 Å². The van der Waals surface area contributed by atoms with Crippen molar-refractivity contribution in [3.05, 3.63) is 32.2 Å². The molecule has 0 aliphatic rings. The fraction of sp³-hybridized carbons (Fsp3) is 0.0909. The van der Waals surface area contributed by atoms with Crippen molar-refractivity contribution >= 4 is 37.9 Å². The summed E-state index contributed by atoms with van der Waals surface area (Å²) in [6.45, 7) is 0. The molecular formula is C11H6Br2N2O2. The topological polar surface area (TPSA) is 88.0 Å². The largest absolute Gasteiger partial charge is 0.506 e. The minimum atomic E-state index is -1.45. The second kappa shape index (κ2) is 5.83. The fourth-order valence-corrected chi connectivity index (χ4v) is 2.31. The van der Waals surface area contributed by atoms with Crippen molar-refractivity contribution in [1.82, 2.24) is 0 Å². The molecule has 0 spiro atoms. The summed E-state index contributed by atoms with van der Waals surface area (Å²) in [6.07, 6.45) is -0.0746. The number of nitriles is 2. The summed E-state index contributed by atoms with van der Waals surface area (Å²) in [7, 11) is 0. The first-order valence-electron chi connectivity index (χ1n) is 4.37. The number of hydrogen-bond acceptors (Lipinski definition) is 4. The maximum atomic E-state index is 9.50. The maximum absolute atomic E-state index is 9.50. The van der Waals surface area contributed by atoms with E-state index in [-0.39, 0.29) is 11.3 Å². The summed E-state index contributed by atoms with van der Waals surface area (Å²) in [5.74, 6) is 0.0430. The minimum absolute atomic E-state index is 0.0430. The van der Waals surface area contributed by atoms with Gasteiger partial charge in [0.2, 0.25) is 0 Å². The van der Waals surface area contributed by atoms with Gasteiger partial charge in [-0.25, -0.2) is 0 Å². The lowest BCUT2D eigenvalue weighted by Gasteiger charge is -2.04. The predicted molar refractivity (Wildman–Crippen MR) is 68.7 cm³/mol. The van der Waals surface area contributed by atoms with Crippen LogP contribution in [0.1, 0.15) is 5.56 Å². The molecule has 1 aromatic carbocycles. The highest BCUT2D eigenvalue weighted by atomic mass is 79.9. The van der Waals surface area contributed by atoms with Crippen molar-refractivity contribution in [3.8, 4) is 17.9 Å². The molecule has 0 radical (unpaired) electrons. The van der Waals surface area contributed by atoms with Crippen molar-refractivity contribution in [1.29, 1.82) is 10.5 Å². The number of halogens is 2. The summed E-state index contributed by atoms with van der Waals surface area (Å²) in [5, 5.41) is 36.0. The summed E-state index contributed by atoms with van der Waals surface area (Å²) < 4.78 is 0.892. The van der Waals surface area contributed by atoms with E-state index in [9.17, 15) is 10.2 Å². The van der Waals surface area contributed by atoms with E-state index in [0.29, 0.717) is 14.5 Å². The molecule has 1 unspecified atom stereocenters. The Balaban J connectivity index is 3.24. The molecule has 6 heteroatoms. The number of aromatic hydroxyl groups is 1. The zero-order valence-corrected chi connectivity index (χ0v) is 11.5. The van der Waals surface area contributed by atoms with Crippen molar-refractivity contribution in [3.63, 3.8) is 0 Å². The maximum Gasteiger partial charge on any atom is 0.175 e. The second-order valence-electron chi connectivity index (χ2n) is 3.08. The Morgan fingerprint density at radius 2 is 1.82 bits per heavy atom. The van der Waals surface area contributed by atoms with Crippen LogP contribution in [0, 0.1) is 22.7 Å². The van der Waals surface area contributed by atoms with E-state index in [1.165, 1.54) is 6.08 Å². The van der Waals surface area contributed by atoms with Crippen LogP contribution in [0.3, 0.4) is 0 Å². The quantitative estimate of drug-likeness (QED) is 0.629. The molecule has 0 bridgehead atoms. The first-order chi connectivity index (χ1) is 7.99. The van der Waals surface area contributed by atoms with E-state index in [0.717, 1.165) is 0 Å². The Bertz CT molecular complexity index is 533. The summed E-state index contributed by atoms with van der Waals surface area (Å²) in [4.78, 5) is 0. The third-order valence-corrected chi connectivity index (χ3v) is 3.12. The number of nitrogens with zero attached hydrogens (tertiary/aromatic N) is 2. The highest BCUT2D eigenvalue weighted by Crippen LogP contribution is 2.34.